The number of carbonyl (C=O) groups excluding carboxylic acids is 2. The summed E-state index contributed by atoms with van der Waals surface area (Å²) in [6.45, 7) is 1.33. The summed E-state index contributed by atoms with van der Waals surface area (Å²) >= 11 is 0. The van der Waals surface area contributed by atoms with Gasteiger partial charge in [0.15, 0.2) is 0 Å². The molecule has 2 aromatic carbocycles. The molecular formula is C24H23F3N4O2. The molecule has 2 aliphatic rings. The number of anilines is 1. The number of piperidine rings is 1. The van der Waals surface area contributed by atoms with Gasteiger partial charge in [-0.15, -0.1) is 0 Å². The minimum absolute atomic E-state index is 0.249. The second-order valence-corrected chi connectivity index (χ2v) is 8.75. The summed E-state index contributed by atoms with van der Waals surface area (Å²) in [6.07, 6.45) is -2.96. The lowest BCUT2D eigenvalue weighted by Gasteiger charge is -2.40. The maximum absolute atomic E-state index is 13.3. The minimum atomic E-state index is -4.61. The Balaban J connectivity index is 1.52. The topological polar surface area (TPSA) is 90.4 Å². The van der Waals surface area contributed by atoms with E-state index in [1.54, 1.807) is 36.4 Å². The van der Waals surface area contributed by atoms with Crippen molar-refractivity contribution in [2.24, 2.45) is 11.1 Å². The number of nitriles is 1. The van der Waals surface area contributed by atoms with Gasteiger partial charge in [0.05, 0.1) is 17.2 Å². The molecule has 2 amide bonds. The van der Waals surface area contributed by atoms with Crippen molar-refractivity contribution in [3.05, 3.63) is 65.2 Å². The molecule has 2 heterocycles. The number of alkyl halides is 3. The number of rotatable bonds is 3. The van der Waals surface area contributed by atoms with Gasteiger partial charge in [0, 0.05) is 30.9 Å². The van der Waals surface area contributed by atoms with Crippen molar-refractivity contribution in [1.82, 2.24) is 4.90 Å². The minimum Gasteiger partial charge on any atom is -0.371 e. The van der Waals surface area contributed by atoms with E-state index in [-0.39, 0.29) is 11.3 Å². The van der Waals surface area contributed by atoms with Crippen LogP contribution in [0.5, 0.6) is 0 Å². The van der Waals surface area contributed by atoms with Crippen LogP contribution >= 0.6 is 0 Å². The van der Waals surface area contributed by atoms with Gasteiger partial charge >= 0.3 is 6.18 Å². The predicted molar refractivity (Wildman–Crippen MR) is 115 cm³/mol. The Labute approximate surface area is 189 Å². The fourth-order valence-electron chi connectivity index (χ4n) is 4.93. The van der Waals surface area contributed by atoms with E-state index in [0.717, 1.165) is 6.07 Å². The van der Waals surface area contributed by atoms with Crippen molar-refractivity contribution in [3.63, 3.8) is 0 Å². The standard InChI is InChI=1S/C24H23F3N4O2/c25-24(26,27)19-12-18(7-6-17(19)14-28)30-10-8-23(9-11-30)13-20(21(29)32)31(15-23)22(33)16-4-2-1-3-5-16/h1-7,12,20H,8-11,13,15H2,(H2,29,32). The van der Waals surface area contributed by atoms with E-state index in [1.807, 2.05) is 4.90 Å². The third-order valence-corrected chi connectivity index (χ3v) is 6.74. The first kappa shape index (κ1) is 22.6. The molecule has 2 aliphatic heterocycles. The lowest BCUT2D eigenvalue weighted by atomic mass is 9.76. The molecule has 0 bridgehead atoms. The highest BCUT2D eigenvalue weighted by Crippen LogP contribution is 2.45. The molecule has 33 heavy (non-hydrogen) atoms. The van der Waals surface area contributed by atoms with Gasteiger partial charge in [0.25, 0.3) is 5.91 Å². The number of halogens is 3. The molecule has 2 aromatic rings. The van der Waals surface area contributed by atoms with Crippen molar-refractivity contribution in [1.29, 1.82) is 5.26 Å². The first-order valence-electron chi connectivity index (χ1n) is 10.7. The quantitative estimate of drug-likeness (QED) is 0.765. The summed E-state index contributed by atoms with van der Waals surface area (Å²) in [5, 5.41) is 9.01. The van der Waals surface area contributed by atoms with E-state index in [0.29, 0.717) is 50.1 Å². The summed E-state index contributed by atoms with van der Waals surface area (Å²) in [4.78, 5) is 28.6. The predicted octanol–water partition coefficient (Wildman–Crippen LogP) is 3.56. The maximum atomic E-state index is 13.3. The third-order valence-electron chi connectivity index (χ3n) is 6.74. The van der Waals surface area contributed by atoms with Crippen molar-refractivity contribution < 1.29 is 22.8 Å². The van der Waals surface area contributed by atoms with E-state index >= 15 is 0 Å². The smallest absolute Gasteiger partial charge is 0.371 e. The molecular weight excluding hydrogens is 433 g/mol. The van der Waals surface area contributed by atoms with Crippen LogP contribution in [-0.4, -0.2) is 42.4 Å². The second-order valence-electron chi connectivity index (χ2n) is 8.75. The van der Waals surface area contributed by atoms with E-state index in [1.165, 1.54) is 17.0 Å². The number of hydrogen-bond donors (Lipinski definition) is 1. The molecule has 4 rings (SSSR count). The fourth-order valence-corrected chi connectivity index (χ4v) is 4.93. The van der Waals surface area contributed by atoms with Crippen molar-refractivity contribution in [2.75, 3.05) is 24.5 Å². The number of primary amides is 1. The van der Waals surface area contributed by atoms with Gasteiger partial charge in [-0.3, -0.25) is 9.59 Å². The number of carbonyl (C=O) groups is 2. The summed E-state index contributed by atoms with van der Waals surface area (Å²) in [6, 6.07) is 13.3. The molecule has 1 unspecified atom stereocenters. The Morgan fingerprint density at radius 3 is 2.33 bits per heavy atom. The van der Waals surface area contributed by atoms with Crippen LogP contribution in [0.3, 0.4) is 0 Å². The van der Waals surface area contributed by atoms with E-state index in [4.69, 9.17) is 11.0 Å². The van der Waals surface area contributed by atoms with Gasteiger partial charge in [-0.1, -0.05) is 18.2 Å². The van der Waals surface area contributed by atoms with E-state index in [2.05, 4.69) is 0 Å². The van der Waals surface area contributed by atoms with Gasteiger partial charge in [0.1, 0.15) is 6.04 Å². The van der Waals surface area contributed by atoms with Crippen LogP contribution in [0.1, 0.15) is 40.7 Å². The molecule has 1 atom stereocenters. The molecule has 172 valence electrons. The lowest BCUT2D eigenvalue weighted by molar-refractivity contribution is -0.137. The number of likely N-dealkylation sites (tertiary alicyclic amines) is 1. The normalized spacial score (nSPS) is 20.0. The first-order chi connectivity index (χ1) is 15.6. The van der Waals surface area contributed by atoms with Gasteiger partial charge in [0.2, 0.25) is 5.91 Å². The Morgan fingerprint density at radius 2 is 1.76 bits per heavy atom. The zero-order valence-corrected chi connectivity index (χ0v) is 17.8. The Kier molecular flexibility index (Phi) is 5.78. The number of hydrogen-bond acceptors (Lipinski definition) is 4. The Hall–Kier alpha value is -3.54. The average Bonchev–Trinajstić information content (AvgIpc) is 3.18. The molecule has 0 aromatic heterocycles. The molecule has 9 heteroatoms. The number of benzene rings is 2. The first-order valence-corrected chi connectivity index (χ1v) is 10.7. The lowest BCUT2D eigenvalue weighted by Crippen LogP contribution is -2.44. The van der Waals surface area contributed by atoms with E-state index in [9.17, 15) is 22.8 Å². The largest absolute Gasteiger partial charge is 0.417 e. The highest BCUT2D eigenvalue weighted by Gasteiger charge is 2.49. The second kappa shape index (κ2) is 8.43. The highest BCUT2D eigenvalue weighted by atomic mass is 19.4. The van der Waals surface area contributed by atoms with Gasteiger partial charge in [-0.25, -0.2) is 0 Å². The monoisotopic (exact) mass is 456 g/mol. The molecule has 0 radical (unpaired) electrons. The third kappa shape index (κ3) is 4.38. The molecule has 1 spiro atoms. The zero-order chi connectivity index (χ0) is 23.8. The van der Waals surface area contributed by atoms with Crippen molar-refractivity contribution >= 4 is 17.5 Å². The molecule has 0 aliphatic carbocycles. The molecule has 2 N–H and O–H groups in total. The van der Waals surface area contributed by atoms with Gasteiger partial charge < -0.3 is 15.5 Å². The van der Waals surface area contributed by atoms with Crippen LogP contribution in [-0.2, 0) is 11.0 Å². The Morgan fingerprint density at radius 1 is 1.09 bits per heavy atom. The van der Waals surface area contributed by atoms with Crippen LogP contribution < -0.4 is 10.6 Å². The molecule has 0 saturated carbocycles. The number of nitrogens with zero attached hydrogens (tertiary/aromatic N) is 3. The van der Waals surface area contributed by atoms with Gasteiger partial charge in [-0.05, 0) is 55.0 Å². The number of nitrogens with two attached hydrogens (primary N) is 1. The Bertz CT molecular complexity index is 1100. The summed E-state index contributed by atoms with van der Waals surface area (Å²) in [5.41, 5.74) is 4.83. The van der Waals surface area contributed by atoms with Crippen LogP contribution in [0.4, 0.5) is 18.9 Å². The van der Waals surface area contributed by atoms with Crippen molar-refractivity contribution in [3.8, 4) is 6.07 Å². The maximum Gasteiger partial charge on any atom is 0.417 e. The van der Waals surface area contributed by atoms with Crippen LogP contribution in [0.25, 0.3) is 0 Å². The SMILES string of the molecule is N#Cc1ccc(N2CCC3(CC2)CC(C(N)=O)N(C(=O)c2ccccc2)C3)cc1C(F)(F)F. The van der Waals surface area contributed by atoms with Crippen LogP contribution in [0, 0.1) is 16.7 Å². The summed E-state index contributed by atoms with van der Waals surface area (Å²) < 4.78 is 40.0. The fraction of sp³-hybridized carbons (Fsp3) is 0.375. The van der Waals surface area contributed by atoms with Crippen LogP contribution in [0.15, 0.2) is 48.5 Å². The summed E-state index contributed by atoms with van der Waals surface area (Å²) in [5.74, 6) is -0.805. The average molecular weight is 456 g/mol. The number of amides is 2. The molecule has 6 nitrogen and oxygen atoms in total. The molecule has 2 saturated heterocycles. The van der Waals surface area contributed by atoms with Crippen LogP contribution in [0.2, 0.25) is 0 Å². The van der Waals surface area contributed by atoms with E-state index < -0.39 is 29.3 Å². The summed E-state index contributed by atoms with van der Waals surface area (Å²) in [7, 11) is 0. The zero-order valence-electron chi connectivity index (χ0n) is 17.8. The molecule has 2 fully saturated rings. The van der Waals surface area contributed by atoms with Gasteiger partial charge in [-0.2, -0.15) is 18.4 Å². The van der Waals surface area contributed by atoms with Crippen molar-refractivity contribution in [2.45, 2.75) is 31.5 Å². The highest BCUT2D eigenvalue weighted by molar-refractivity contribution is 5.97.